The van der Waals surface area contributed by atoms with E-state index in [1.807, 2.05) is 0 Å². The molecule has 0 radical (unpaired) electrons. The lowest BCUT2D eigenvalue weighted by Gasteiger charge is -1.96. The van der Waals surface area contributed by atoms with Gasteiger partial charge in [0, 0.05) is 7.05 Å². The van der Waals surface area contributed by atoms with Crippen molar-refractivity contribution in [2.24, 2.45) is 7.05 Å². The van der Waals surface area contributed by atoms with Crippen molar-refractivity contribution in [1.29, 1.82) is 0 Å². The molecule has 6 heteroatoms. The van der Waals surface area contributed by atoms with Gasteiger partial charge in [0.05, 0.1) is 10.7 Å². The Morgan fingerprint density at radius 2 is 2.43 bits per heavy atom. The number of carbonyl (C=O) groups excluding carboxylic acids is 1. The third kappa shape index (κ3) is 1.37. The summed E-state index contributed by atoms with van der Waals surface area (Å²) in [5, 5.41) is 7.31. The predicted octanol–water partition coefficient (Wildman–Crippen LogP) is 1.40. The SMILES string of the molecule is Cn1cnnc1C(=O)c1occc1Br. The largest absolute Gasteiger partial charge is 0.459 e. The maximum absolute atomic E-state index is 11.8. The Morgan fingerprint density at radius 3 is 2.93 bits per heavy atom. The van der Waals surface area contributed by atoms with E-state index in [-0.39, 0.29) is 17.4 Å². The predicted molar refractivity (Wildman–Crippen MR) is 50.8 cm³/mol. The van der Waals surface area contributed by atoms with E-state index in [1.165, 1.54) is 17.2 Å². The summed E-state index contributed by atoms with van der Waals surface area (Å²) in [4.78, 5) is 11.8. The Hall–Kier alpha value is -1.43. The van der Waals surface area contributed by atoms with Crippen LogP contribution >= 0.6 is 15.9 Å². The fourth-order valence-corrected chi connectivity index (χ4v) is 1.43. The Bertz CT molecular complexity index is 432. The molecule has 0 aliphatic carbocycles. The molecule has 2 rings (SSSR count). The van der Waals surface area contributed by atoms with Crippen LogP contribution in [0.1, 0.15) is 16.4 Å². The van der Waals surface area contributed by atoms with E-state index in [9.17, 15) is 4.79 Å². The molecule has 0 aliphatic rings. The number of nitrogens with zero attached hydrogens (tertiary/aromatic N) is 3. The molecule has 0 saturated carbocycles. The molecular formula is C8H6BrN3O2. The minimum atomic E-state index is -0.290. The van der Waals surface area contributed by atoms with Crippen molar-refractivity contribution in [3.05, 3.63) is 34.7 Å². The van der Waals surface area contributed by atoms with E-state index >= 15 is 0 Å². The van der Waals surface area contributed by atoms with E-state index in [1.54, 1.807) is 13.1 Å². The highest BCUT2D eigenvalue weighted by Gasteiger charge is 2.20. The number of aryl methyl sites for hydroxylation is 1. The van der Waals surface area contributed by atoms with Crippen molar-refractivity contribution in [1.82, 2.24) is 14.8 Å². The first kappa shape index (κ1) is 9.14. The monoisotopic (exact) mass is 255 g/mol. The van der Waals surface area contributed by atoms with E-state index in [0.29, 0.717) is 4.47 Å². The number of aromatic nitrogens is 3. The Balaban J connectivity index is 2.44. The average molecular weight is 256 g/mol. The van der Waals surface area contributed by atoms with Gasteiger partial charge in [-0.3, -0.25) is 4.79 Å². The second-order valence-corrected chi connectivity index (χ2v) is 3.55. The Kier molecular flexibility index (Phi) is 2.20. The number of halogens is 1. The highest BCUT2D eigenvalue weighted by molar-refractivity contribution is 9.10. The fraction of sp³-hybridized carbons (Fsp3) is 0.125. The van der Waals surface area contributed by atoms with Gasteiger partial charge in [-0.05, 0) is 22.0 Å². The zero-order chi connectivity index (χ0) is 10.1. The molecule has 0 aromatic carbocycles. The lowest BCUT2D eigenvalue weighted by molar-refractivity contribution is 0.0995. The number of rotatable bonds is 2. The number of hydrogen-bond acceptors (Lipinski definition) is 4. The molecule has 0 spiro atoms. The first-order valence-electron chi connectivity index (χ1n) is 3.82. The topological polar surface area (TPSA) is 60.9 Å². The molecule has 2 aromatic rings. The zero-order valence-corrected chi connectivity index (χ0v) is 8.85. The summed E-state index contributed by atoms with van der Waals surface area (Å²) < 4.78 is 7.18. The smallest absolute Gasteiger partial charge is 0.266 e. The lowest BCUT2D eigenvalue weighted by atomic mass is 10.3. The van der Waals surface area contributed by atoms with Crippen LogP contribution in [0.3, 0.4) is 0 Å². The molecule has 0 saturated heterocycles. The standard InChI is InChI=1S/C8H6BrN3O2/c1-12-4-10-11-8(12)6(13)7-5(9)2-3-14-7/h2-4H,1H3. The van der Waals surface area contributed by atoms with Crippen molar-refractivity contribution in [3.63, 3.8) is 0 Å². The summed E-state index contributed by atoms with van der Waals surface area (Å²) in [7, 11) is 1.70. The second kappa shape index (κ2) is 3.38. The third-order valence-electron chi connectivity index (χ3n) is 1.74. The van der Waals surface area contributed by atoms with Crippen molar-refractivity contribution in [3.8, 4) is 0 Å². The maximum Gasteiger partial charge on any atom is 0.266 e. The molecule has 2 heterocycles. The van der Waals surface area contributed by atoms with Crippen LogP contribution in [0, 0.1) is 0 Å². The van der Waals surface area contributed by atoms with Crippen molar-refractivity contribution >= 4 is 21.7 Å². The first-order chi connectivity index (χ1) is 6.70. The van der Waals surface area contributed by atoms with Gasteiger partial charge in [-0.1, -0.05) is 0 Å². The highest BCUT2D eigenvalue weighted by Crippen LogP contribution is 2.19. The van der Waals surface area contributed by atoms with Crippen molar-refractivity contribution in [2.75, 3.05) is 0 Å². The van der Waals surface area contributed by atoms with Crippen LogP contribution < -0.4 is 0 Å². The number of ketones is 1. The molecule has 5 nitrogen and oxygen atoms in total. The van der Waals surface area contributed by atoms with Crippen LogP contribution in [0.15, 0.2) is 27.5 Å². The summed E-state index contributed by atoms with van der Waals surface area (Å²) in [5.74, 6) is 0.198. The van der Waals surface area contributed by atoms with Gasteiger partial charge in [0.15, 0.2) is 5.76 Å². The van der Waals surface area contributed by atoms with E-state index in [2.05, 4.69) is 26.1 Å². The molecule has 0 unspecified atom stereocenters. The third-order valence-corrected chi connectivity index (χ3v) is 2.36. The van der Waals surface area contributed by atoms with Crippen LogP contribution in [0.4, 0.5) is 0 Å². The number of carbonyl (C=O) groups is 1. The van der Waals surface area contributed by atoms with Gasteiger partial charge in [-0.25, -0.2) is 0 Å². The molecule has 0 bridgehead atoms. The van der Waals surface area contributed by atoms with Gasteiger partial charge in [-0.2, -0.15) is 0 Å². The molecule has 0 aliphatic heterocycles. The first-order valence-corrected chi connectivity index (χ1v) is 4.61. The molecule has 0 amide bonds. The fourth-order valence-electron chi connectivity index (χ4n) is 1.05. The second-order valence-electron chi connectivity index (χ2n) is 2.69. The summed E-state index contributed by atoms with van der Waals surface area (Å²) in [5.41, 5.74) is 0. The quantitative estimate of drug-likeness (QED) is 0.762. The molecule has 0 fully saturated rings. The summed E-state index contributed by atoms with van der Waals surface area (Å²) in [6.07, 6.45) is 2.90. The van der Waals surface area contributed by atoms with Crippen LogP contribution in [0.2, 0.25) is 0 Å². The van der Waals surface area contributed by atoms with Crippen LogP contribution in [0.5, 0.6) is 0 Å². The normalized spacial score (nSPS) is 10.4. The zero-order valence-electron chi connectivity index (χ0n) is 7.27. The van der Waals surface area contributed by atoms with E-state index in [4.69, 9.17) is 4.42 Å². The molecule has 2 aromatic heterocycles. The lowest BCUT2D eigenvalue weighted by Crippen LogP contribution is -2.08. The van der Waals surface area contributed by atoms with Gasteiger partial charge in [-0.15, -0.1) is 10.2 Å². The molecule has 72 valence electrons. The van der Waals surface area contributed by atoms with Crippen molar-refractivity contribution in [2.45, 2.75) is 0 Å². The van der Waals surface area contributed by atoms with Gasteiger partial charge in [0.1, 0.15) is 6.33 Å². The number of hydrogen-bond donors (Lipinski definition) is 0. The van der Waals surface area contributed by atoms with Crippen LogP contribution in [0.25, 0.3) is 0 Å². The van der Waals surface area contributed by atoms with Crippen LogP contribution in [-0.4, -0.2) is 20.5 Å². The number of furan rings is 1. The highest BCUT2D eigenvalue weighted by atomic mass is 79.9. The van der Waals surface area contributed by atoms with Crippen LogP contribution in [-0.2, 0) is 7.05 Å². The molecular weight excluding hydrogens is 250 g/mol. The van der Waals surface area contributed by atoms with Gasteiger partial charge < -0.3 is 8.98 Å². The van der Waals surface area contributed by atoms with Gasteiger partial charge >= 0.3 is 0 Å². The minimum Gasteiger partial charge on any atom is -0.459 e. The average Bonchev–Trinajstić information content (AvgIpc) is 2.73. The van der Waals surface area contributed by atoms with Crippen molar-refractivity contribution < 1.29 is 9.21 Å². The molecule has 0 atom stereocenters. The minimum absolute atomic E-state index is 0.237. The summed E-state index contributed by atoms with van der Waals surface area (Å²) in [6, 6.07) is 1.66. The Morgan fingerprint density at radius 1 is 1.64 bits per heavy atom. The molecule has 14 heavy (non-hydrogen) atoms. The van der Waals surface area contributed by atoms with Gasteiger partial charge in [0.25, 0.3) is 5.78 Å². The van der Waals surface area contributed by atoms with E-state index < -0.39 is 0 Å². The Labute approximate surface area is 87.9 Å². The summed E-state index contributed by atoms with van der Waals surface area (Å²) in [6.45, 7) is 0. The summed E-state index contributed by atoms with van der Waals surface area (Å²) >= 11 is 3.20. The van der Waals surface area contributed by atoms with Gasteiger partial charge in [0.2, 0.25) is 5.82 Å². The maximum atomic E-state index is 11.8. The van der Waals surface area contributed by atoms with E-state index in [0.717, 1.165) is 0 Å². The molecule has 0 N–H and O–H groups in total.